The summed E-state index contributed by atoms with van der Waals surface area (Å²) < 4.78 is 7.30. The number of fused-ring (bicyclic) bond motifs is 12. The van der Waals surface area contributed by atoms with Gasteiger partial charge in [0.1, 0.15) is 0 Å². The first-order valence-corrected chi connectivity index (χ1v) is 24.3. The van der Waals surface area contributed by atoms with Crippen LogP contribution in [0.2, 0.25) is 0 Å². The maximum atomic E-state index is 5.72. The number of hydrogen-bond donors (Lipinski definition) is 0. The molecule has 0 saturated heterocycles. The van der Waals surface area contributed by atoms with E-state index in [1.54, 1.807) is 0 Å². The lowest BCUT2D eigenvalue weighted by Crippen LogP contribution is -2.18. The van der Waals surface area contributed by atoms with Crippen LogP contribution in [0.15, 0.2) is 200 Å². The largest absolute Gasteiger partial charge is 0.309 e. The van der Waals surface area contributed by atoms with Crippen molar-refractivity contribution in [2.24, 2.45) is 0 Å². The van der Waals surface area contributed by atoms with Gasteiger partial charge in [-0.1, -0.05) is 141 Å². The van der Waals surface area contributed by atoms with E-state index in [9.17, 15) is 0 Å². The molecule has 0 amide bonds. The van der Waals surface area contributed by atoms with Crippen molar-refractivity contribution in [3.63, 3.8) is 0 Å². The Kier molecular flexibility index (Phi) is 8.30. The molecule has 1 aliphatic carbocycles. The van der Waals surface area contributed by atoms with Crippen molar-refractivity contribution >= 4 is 102 Å². The Bertz CT molecular complexity index is 4160. The minimum atomic E-state index is -0.219. The first kappa shape index (κ1) is 38.3. The predicted octanol–water partition coefficient (Wildman–Crippen LogP) is 16.8. The number of rotatable bonds is 6. The van der Waals surface area contributed by atoms with Crippen LogP contribution in [0.4, 0.5) is 17.3 Å². The van der Waals surface area contributed by atoms with E-state index in [-0.39, 0.29) is 5.41 Å². The Hall–Kier alpha value is -7.97. The maximum absolute atomic E-state index is 5.72. The van der Waals surface area contributed by atoms with Gasteiger partial charge in [0.05, 0.1) is 22.4 Å². The first-order chi connectivity index (χ1) is 33.0. The van der Waals surface area contributed by atoms with Gasteiger partial charge in [0.25, 0.3) is 0 Å². The lowest BCUT2D eigenvalue weighted by Gasteiger charge is -2.28. The van der Waals surface area contributed by atoms with Crippen LogP contribution in [0.1, 0.15) is 25.0 Å². The van der Waals surface area contributed by atoms with Crippen molar-refractivity contribution in [1.82, 2.24) is 19.5 Å². The van der Waals surface area contributed by atoms with E-state index in [0.29, 0.717) is 17.6 Å². The highest BCUT2D eigenvalue weighted by molar-refractivity contribution is 7.26. The molecule has 14 rings (SSSR count). The predicted molar refractivity (Wildman–Crippen MR) is 283 cm³/mol. The van der Waals surface area contributed by atoms with Gasteiger partial charge < -0.3 is 4.57 Å². The third-order valence-corrected chi connectivity index (χ3v) is 16.1. The molecule has 0 bridgehead atoms. The molecule has 4 heterocycles. The molecule has 0 N–H and O–H groups in total. The third kappa shape index (κ3) is 5.68. The summed E-state index contributed by atoms with van der Waals surface area (Å²) in [6.45, 7) is 4.68. The minimum absolute atomic E-state index is 0.219. The highest BCUT2D eigenvalue weighted by Gasteiger charge is 2.38. The van der Waals surface area contributed by atoms with Gasteiger partial charge in [0.2, 0.25) is 5.95 Å². The molecule has 0 unspecified atom stereocenters. The van der Waals surface area contributed by atoms with Gasteiger partial charge in [-0.3, -0.25) is 4.90 Å². The molecule has 9 aromatic carbocycles. The van der Waals surface area contributed by atoms with Gasteiger partial charge in [-0.2, -0.15) is 9.97 Å². The van der Waals surface area contributed by atoms with E-state index in [2.05, 4.69) is 224 Å². The van der Waals surface area contributed by atoms with E-state index in [1.807, 2.05) is 22.7 Å². The van der Waals surface area contributed by atoms with Crippen molar-refractivity contribution in [3.8, 4) is 39.6 Å². The summed E-state index contributed by atoms with van der Waals surface area (Å²) in [5.41, 5.74) is 11.9. The summed E-state index contributed by atoms with van der Waals surface area (Å²) in [6, 6.07) is 72.2. The quantitative estimate of drug-likeness (QED) is 0.167. The number of thiophene rings is 2. The molecule has 5 nitrogen and oxygen atoms in total. The molecule has 0 radical (unpaired) electrons. The van der Waals surface area contributed by atoms with Crippen LogP contribution < -0.4 is 4.90 Å². The number of nitrogens with zero attached hydrogens (tertiary/aromatic N) is 5. The fourth-order valence-electron chi connectivity index (χ4n) is 10.8. The molecule has 0 aliphatic heterocycles. The number of aromatic nitrogens is 4. The van der Waals surface area contributed by atoms with Crippen molar-refractivity contribution in [3.05, 3.63) is 211 Å². The Morgan fingerprint density at radius 2 is 1.06 bits per heavy atom. The van der Waals surface area contributed by atoms with Crippen molar-refractivity contribution in [1.29, 1.82) is 0 Å². The third-order valence-electron chi connectivity index (χ3n) is 13.9. The van der Waals surface area contributed by atoms with Gasteiger partial charge in [-0.15, -0.1) is 22.7 Å². The van der Waals surface area contributed by atoms with Crippen LogP contribution in [0, 0.1) is 0 Å². The SMILES string of the molecule is CC1(C)c2ccccc2-c2c(N(c3nc(-c4ccc5sc6ccccc6c5c4)nc(-c4cccc5c6ccccc6n(-c6ccccc6)c45)n3)c3cccc4sc5ccccc5c34)cccc21. The van der Waals surface area contributed by atoms with E-state index in [4.69, 9.17) is 15.0 Å². The van der Waals surface area contributed by atoms with E-state index in [1.165, 1.54) is 68.0 Å². The summed E-state index contributed by atoms with van der Waals surface area (Å²) in [5.74, 6) is 1.76. The standard InChI is InChI=1S/C60H39N5S2/c1-60(2)45-25-10-6-21-41(45)54-46(60)26-15-28-48(54)65(49-29-16-32-53-55(49)42-22-9-13-31-51(42)67-53)59-62-57(36-33-34-52-44(35-36)39-20-8-12-30-50(39)66-52)61-58(63-59)43-24-14-23-40-38-19-7-11-27-47(38)64(56(40)43)37-17-4-3-5-18-37/h3-35H,1-2H3. The highest BCUT2D eigenvalue weighted by Crippen LogP contribution is 2.55. The summed E-state index contributed by atoms with van der Waals surface area (Å²) in [7, 11) is 0. The minimum Gasteiger partial charge on any atom is -0.309 e. The van der Waals surface area contributed by atoms with E-state index in [0.717, 1.165) is 44.6 Å². The van der Waals surface area contributed by atoms with Crippen LogP contribution in [0.5, 0.6) is 0 Å². The zero-order valence-electron chi connectivity index (χ0n) is 36.6. The lowest BCUT2D eigenvalue weighted by atomic mass is 9.82. The lowest BCUT2D eigenvalue weighted by molar-refractivity contribution is 0.660. The Labute approximate surface area is 394 Å². The second-order valence-electron chi connectivity index (χ2n) is 17.9. The zero-order chi connectivity index (χ0) is 44.4. The van der Waals surface area contributed by atoms with Gasteiger partial charge in [0, 0.05) is 78.9 Å². The average Bonchev–Trinajstić information content (AvgIpc) is 4.11. The Morgan fingerprint density at radius 1 is 0.448 bits per heavy atom. The monoisotopic (exact) mass is 893 g/mol. The average molecular weight is 894 g/mol. The fourth-order valence-corrected chi connectivity index (χ4v) is 13.0. The normalized spacial score (nSPS) is 13.0. The van der Waals surface area contributed by atoms with Crippen LogP contribution in [-0.2, 0) is 5.41 Å². The van der Waals surface area contributed by atoms with Gasteiger partial charge in [-0.05, 0) is 89.5 Å². The molecule has 4 aromatic heterocycles. The molecular weight excluding hydrogens is 855 g/mol. The molecule has 316 valence electrons. The van der Waals surface area contributed by atoms with Gasteiger partial charge >= 0.3 is 0 Å². The molecular formula is C60H39N5S2. The van der Waals surface area contributed by atoms with Gasteiger partial charge in [0.15, 0.2) is 11.6 Å². The molecule has 0 saturated carbocycles. The Morgan fingerprint density at radius 3 is 1.94 bits per heavy atom. The van der Waals surface area contributed by atoms with E-state index >= 15 is 0 Å². The zero-order valence-corrected chi connectivity index (χ0v) is 38.2. The van der Waals surface area contributed by atoms with Crippen LogP contribution in [0.25, 0.3) is 102 Å². The maximum Gasteiger partial charge on any atom is 0.238 e. The molecule has 0 fully saturated rings. The second-order valence-corrected chi connectivity index (χ2v) is 20.1. The molecule has 1 aliphatic rings. The van der Waals surface area contributed by atoms with Crippen molar-refractivity contribution < 1.29 is 0 Å². The topological polar surface area (TPSA) is 46.8 Å². The fraction of sp³-hybridized carbons (Fsp3) is 0.0500. The Balaban J connectivity index is 1.12. The number of anilines is 3. The summed E-state index contributed by atoms with van der Waals surface area (Å²) in [5, 5.41) is 7.11. The van der Waals surface area contributed by atoms with Crippen LogP contribution in [0.3, 0.4) is 0 Å². The van der Waals surface area contributed by atoms with Crippen LogP contribution >= 0.6 is 22.7 Å². The summed E-state index contributed by atoms with van der Waals surface area (Å²) >= 11 is 3.64. The molecule has 0 spiro atoms. The molecule has 67 heavy (non-hydrogen) atoms. The summed E-state index contributed by atoms with van der Waals surface area (Å²) in [4.78, 5) is 19.3. The van der Waals surface area contributed by atoms with E-state index < -0.39 is 0 Å². The van der Waals surface area contributed by atoms with Crippen molar-refractivity contribution in [2.45, 2.75) is 19.3 Å². The van der Waals surface area contributed by atoms with Crippen LogP contribution in [-0.4, -0.2) is 19.5 Å². The highest BCUT2D eigenvalue weighted by atomic mass is 32.1. The molecule has 0 atom stereocenters. The molecule has 7 heteroatoms. The number of hydrogen-bond acceptors (Lipinski definition) is 6. The number of benzene rings is 9. The molecule has 13 aromatic rings. The van der Waals surface area contributed by atoms with Gasteiger partial charge in [-0.25, -0.2) is 4.98 Å². The first-order valence-electron chi connectivity index (χ1n) is 22.7. The number of para-hydroxylation sites is 3. The van der Waals surface area contributed by atoms with Crippen molar-refractivity contribution in [2.75, 3.05) is 4.90 Å². The second kappa shape index (κ2) is 14.5. The summed E-state index contributed by atoms with van der Waals surface area (Å²) in [6.07, 6.45) is 0. The smallest absolute Gasteiger partial charge is 0.238 e.